The van der Waals surface area contributed by atoms with Crippen molar-refractivity contribution < 1.29 is 9.53 Å². The molecular weight excluding hydrogens is 272 g/mol. The number of aldehydes is 1. The third-order valence-electron chi connectivity index (χ3n) is 3.17. The molecule has 2 aromatic carbocycles. The van der Waals surface area contributed by atoms with Gasteiger partial charge in [-0.15, -0.1) is 0 Å². The van der Waals surface area contributed by atoms with E-state index < -0.39 is 0 Å². The number of halogens is 1. The molecule has 2 aromatic rings. The van der Waals surface area contributed by atoms with Crippen LogP contribution in [-0.2, 0) is 6.61 Å². The summed E-state index contributed by atoms with van der Waals surface area (Å²) < 4.78 is 5.68. The van der Waals surface area contributed by atoms with Gasteiger partial charge in [0.25, 0.3) is 0 Å². The zero-order valence-electron chi connectivity index (χ0n) is 11.6. The molecule has 20 heavy (non-hydrogen) atoms. The van der Waals surface area contributed by atoms with E-state index in [-0.39, 0.29) is 0 Å². The van der Waals surface area contributed by atoms with Gasteiger partial charge in [0, 0.05) is 0 Å². The summed E-state index contributed by atoms with van der Waals surface area (Å²) >= 11 is 5.96. The highest BCUT2D eigenvalue weighted by Gasteiger charge is 2.07. The fourth-order valence-electron chi connectivity index (χ4n) is 1.92. The molecule has 0 spiro atoms. The zero-order chi connectivity index (χ0) is 14.5. The molecule has 0 heterocycles. The second kappa shape index (κ2) is 6.58. The smallest absolute Gasteiger partial charge is 0.155 e. The van der Waals surface area contributed by atoms with Gasteiger partial charge in [-0.05, 0) is 29.2 Å². The Morgan fingerprint density at radius 3 is 2.45 bits per heavy atom. The normalized spacial score (nSPS) is 10.6. The van der Waals surface area contributed by atoms with E-state index >= 15 is 0 Å². The monoisotopic (exact) mass is 288 g/mol. The molecular formula is C17H17ClO2. The van der Waals surface area contributed by atoms with Crippen molar-refractivity contribution in [3.05, 3.63) is 64.2 Å². The Balaban J connectivity index is 2.09. The zero-order valence-corrected chi connectivity index (χ0v) is 12.4. The van der Waals surface area contributed by atoms with Crippen LogP contribution in [-0.4, -0.2) is 6.29 Å². The first-order valence-electron chi connectivity index (χ1n) is 6.57. The molecule has 2 nitrogen and oxygen atoms in total. The maximum Gasteiger partial charge on any atom is 0.155 e. The molecule has 2 rings (SSSR count). The first-order valence-corrected chi connectivity index (χ1v) is 6.95. The van der Waals surface area contributed by atoms with Gasteiger partial charge in [-0.1, -0.05) is 55.8 Å². The van der Waals surface area contributed by atoms with E-state index in [9.17, 15) is 4.79 Å². The van der Waals surface area contributed by atoms with Gasteiger partial charge in [0.15, 0.2) is 6.29 Å². The molecule has 0 fully saturated rings. The number of benzene rings is 2. The quantitative estimate of drug-likeness (QED) is 0.735. The highest BCUT2D eigenvalue weighted by molar-refractivity contribution is 6.33. The SMILES string of the molecule is CC(C)c1ccc(COc2cccc(Cl)c2C=O)cc1. The molecule has 0 bridgehead atoms. The third kappa shape index (κ3) is 3.40. The van der Waals surface area contributed by atoms with Gasteiger partial charge in [-0.2, -0.15) is 0 Å². The lowest BCUT2D eigenvalue weighted by Crippen LogP contribution is -1.99. The molecule has 0 saturated carbocycles. The molecule has 0 aromatic heterocycles. The predicted octanol–water partition coefficient (Wildman–Crippen LogP) is 4.85. The van der Waals surface area contributed by atoms with Crippen molar-refractivity contribution in [3.8, 4) is 5.75 Å². The average Bonchev–Trinajstić information content (AvgIpc) is 2.45. The highest BCUT2D eigenvalue weighted by Crippen LogP contribution is 2.25. The van der Waals surface area contributed by atoms with Gasteiger partial charge in [0.1, 0.15) is 12.4 Å². The average molecular weight is 289 g/mol. The standard InChI is InChI=1S/C17H17ClO2/c1-12(2)14-8-6-13(7-9-14)11-20-17-5-3-4-16(18)15(17)10-19/h3-10,12H,11H2,1-2H3. The Labute approximate surface area is 124 Å². The summed E-state index contributed by atoms with van der Waals surface area (Å²) in [6.07, 6.45) is 0.722. The fourth-order valence-corrected chi connectivity index (χ4v) is 2.13. The van der Waals surface area contributed by atoms with E-state index in [1.54, 1.807) is 18.2 Å². The van der Waals surface area contributed by atoms with Crippen molar-refractivity contribution in [1.29, 1.82) is 0 Å². The second-order valence-corrected chi connectivity index (χ2v) is 5.36. The van der Waals surface area contributed by atoms with Crippen molar-refractivity contribution >= 4 is 17.9 Å². The van der Waals surface area contributed by atoms with Crippen LogP contribution < -0.4 is 4.74 Å². The lowest BCUT2D eigenvalue weighted by atomic mass is 10.0. The first kappa shape index (κ1) is 14.6. The highest BCUT2D eigenvalue weighted by atomic mass is 35.5. The van der Waals surface area contributed by atoms with Gasteiger partial charge in [-0.25, -0.2) is 0 Å². The van der Waals surface area contributed by atoms with E-state index in [2.05, 4.69) is 26.0 Å². The molecule has 0 radical (unpaired) electrons. The van der Waals surface area contributed by atoms with E-state index in [0.29, 0.717) is 28.9 Å². The van der Waals surface area contributed by atoms with Crippen LogP contribution in [0.4, 0.5) is 0 Å². The van der Waals surface area contributed by atoms with E-state index in [0.717, 1.165) is 11.8 Å². The molecule has 0 saturated heterocycles. The minimum atomic E-state index is 0.396. The van der Waals surface area contributed by atoms with Crippen LogP contribution in [0.25, 0.3) is 0 Å². The van der Waals surface area contributed by atoms with Crippen LogP contribution in [0.2, 0.25) is 5.02 Å². The summed E-state index contributed by atoms with van der Waals surface area (Å²) in [5.41, 5.74) is 2.75. The lowest BCUT2D eigenvalue weighted by molar-refractivity contribution is 0.111. The molecule has 0 atom stereocenters. The van der Waals surface area contributed by atoms with Crippen LogP contribution in [0.3, 0.4) is 0 Å². The Morgan fingerprint density at radius 2 is 1.85 bits per heavy atom. The Hall–Kier alpha value is -1.80. The maximum absolute atomic E-state index is 11.0. The van der Waals surface area contributed by atoms with Crippen LogP contribution in [0.15, 0.2) is 42.5 Å². The fraction of sp³-hybridized carbons (Fsp3) is 0.235. The molecule has 0 aliphatic heterocycles. The van der Waals surface area contributed by atoms with Gasteiger partial charge in [0.05, 0.1) is 10.6 Å². The molecule has 3 heteroatoms. The molecule has 0 aliphatic carbocycles. The summed E-state index contributed by atoms with van der Waals surface area (Å²) in [5.74, 6) is 1.03. The maximum atomic E-state index is 11.0. The lowest BCUT2D eigenvalue weighted by Gasteiger charge is -2.10. The van der Waals surface area contributed by atoms with Crippen LogP contribution in [0.1, 0.15) is 41.3 Å². The minimum absolute atomic E-state index is 0.396. The van der Waals surface area contributed by atoms with Crippen molar-refractivity contribution in [1.82, 2.24) is 0 Å². The molecule has 0 amide bonds. The summed E-state index contributed by atoms with van der Waals surface area (Å²) in [4.78, 5) is 11.0. The molecule has 0 unspecified atom stereocenters. The van der Waals surface area contributed by atoms with Crippen LogP contribution >= 0.6 is 11.6 Å². The Bertz CT molecular complexity index is 588. The summed E-state index contributed by atoms with van der Waals surface area (Å²) in [7, 11) is 0. The van der Waals surface area contributed by atoms with Crippen molar-refractivity contribution in [2.45, 2.75) is 26.4 Å². The first-order chi connectivity index (χ1) is 9.61. The van der Waals surface area contributed by atoms with Gasteiger partial charge < -0.3 is 4.74 Å². The van der Waals surface area contributed by atoms with Crippen LogP contribution in [0, 0.1) is 0 Å². The van der Waals surface area contributed by atoms with E-state index in [4.69, 9.17) is 16.3 Å². The number of carbonyl (C=O) groups excluding carboxylic acids is 1. The van der Waals surface area contributed by atoms with Gasteiger partial charge >= 0.3 is 0 Å². The molecule has 104 valence electrons. The largest absolute Gasteiger partial charge is 0.488 e. The number of rotatable bonds is 5. The van der Waals surface area contributed by atoms with Gasteiger partial charge in [-0.3, -0.25) is 4.79 Å². The summed E-state index contributed by atoms with van der Waals surface area (Å²) in [6, 6.07) is 13.5. The third-order valence-corrected chi connectivity index (χ3v) is 3.50. The van der Waals surface area contributed by atoms with Crippen molar-refractivity contribution in [3.63, 3.8) is 0 Å². The number of ether oxygens (including phenoxy) is 1. The Kier molecular flexibility index (Phi) is 4.80. The minimum Gasteiger partial charge on any atom is -0.488 e. The van der Waals surface area contributed by atoms with Crippen molar-refractivity contribution in [2.75, 3.05) is 0 Å². The van der Waals surface area contributed by atoms with E-state index in [1.165, 1.54) is 5.56 Å². The van der Waals surface area contributed by atoms with Crippen LogP contribution in [0.5, 0.6) is 5.75 Å². The topological polar surface area (TPSA) is 26.3 Å². The molecule has 0 aliphatic rings. The number of carbonyl (C=O) groups is 1. The van der Waals surface area contributed by atoms with E-state index in [1.807, 2.05) is 12.1 Å². The van der Waals surface area contributed by atoms with Crippen molar-refractivity contribution in [2.24, 2.45) is 0 Å². The van der Waals surface area contributed by atoms with Gasteiger partial charge in [0.2, 0.25) is 0 Å². The summed E-state index contributed by atoms with van der Waals surface area (Å²) in [6.45, 7) is 4.74. The Morgan fingerprint density at radius 1 is 1.15 bits per heavy atom. The second-order valence-electron chi connectivity index (χ2n) is 4.95. The molecule has 0 N–H and O–H groups in total. The number of hydrogen-bond donors (Lipinski definition) is 0. The predicted molar refractivity (Wildman–Crippen MR) is 81.7 cm³/mol. The number of hydrogen-bond acceptors (Lipinski definition) is 2. The summed E-state index contributed by atoms with van der Waals surface area (Å²) in [5, 5.41) is 0.410.